The summed E-state index contributed by atoms with van der Waals surface area (Å²) < 4.78 is 13.0. The molecule has 0 aliphatic heterocycles. The molecule has 108 valence electrons. The minimum Gasteiger partial charge on any atom is -0.481 e. The second-order valence-corrected chi connectivity index (χ2v) is 5.60. The monoisotopic (exact) mass is 279 g/mol. The van der Waals surface area contributed by atoms with Crippen molar-refractivity contribution >= 4 is 11.9 Å². The number of halogens is 1. The first kappa shape index (κ1) is 14.5. The van der Waals surface area contributed by atoms with Gasteiger partial charge in [-0.15, -0.1) is 0 Å². The van der Waals surface area contributed by atoms with Crippen molar-refractivity contribution < 1.29 is 19.1 Å². The molecular weight excluding hydrogens is 261 g/mol. The van der Waals surface area contributed by atoms with E-state index in [1.165, 1.54) is 18.2 Å². The predicted molar refractivity (Wildman–Crippen MR) is 72.0 cm³/mol. The number of nitrogens with one attached hydrogen (secondary N) is 1. The molecule has 5 heteroatoms. The highest BCUT2D eigenvalue weighted by Gasteiger charge is 2.45. The average molecular weight is 279 g/mol. The number of aryl methyl sites for hydroxylation is 1. The molecule has 1 aromatic rings. The van der Waals surface area contributed by atoms with E-state index < -0.39 is 23.2 Å². The van der Waals surface area contributed by atoms with Crippen LogP contribution in [0.3, 0.4) is 0 Å². The van der Waals surface area contributed by atoms with Crippen LogP contribution in [0, 0.1) is 18.2 Å². The van der Waals surface area contributed by atoms with Gasteiger partial charge in [0.1, 0.15) is 5.82 Å². The Morgan fingerprint density at radius 1 is 1.45 bits per heavy atom. The van der Waals surface area contributed by atoms with Crippen LogP contribution < -0.4 is 5.32 Å². The number of carbonyl (C=O) groups excluding carboxylic acids is 1. The van der Waals surface area contributed by atoms with Crippen LogP contribution in [0.15, 0.2) is 18.2 Å². The molecule has 4 nitrogen and oxygen atoms in total. The van der Waals surface area contributed by atoms with Crippen molar-refractivity contribution in [2.45, 2.75) is 39.2 Å². The van der Waals surface area contributed by atoms with E-state index in [0.717, 1.165) is 6.42 Å². The molecule has 1 amide bonds. The van der Waals surface area contributed by atoms with E-state index in [2.05, 4.69) is 5.32 Å². The van der Waals surface area contributed by atoms with E-state index in [1.54, 1.807) is 13.8 Å². The molecular formula is C15H18FNO3. The zero-order chi connectivity index (χ0) is 14.9. The van der Waals surface area contributed by atoms with E-state index in [9.17, 15) is 19.1 Å². The SMILES string of the molecule is Cc1cc(F)ccc1C(=O)NC1CCCC1(C)C(=O)O. The standard InChI is InChI=1S/C15H18FNO3/c1-9-8-10(16)5-6-11(9)13(18)17-12-4-3-7-15(12,2)14(19)20/h5-6,8,12H,3-4,7H2,1-2H3,(H,17,18)(H,19,20). The minimum absolute atomic E-state index is 0.345. The van der Waals surface area contributed by atoms with Gasteiger partial charge in [-0.2, -0.15) is 0 Å². The first-order valence-corrected chi connectivity index (χ1v) is 6.65. The molecule has 20 heavy (non-hydrogen) atoms. The lowest BCUT2D eigenvalue weighted by atomic mass is 9.84. The van der Waals surface area contributed by atoms with Gasteiger partial charge in [0.25, 0.3) is 5.91 Å². The van der Waals surface area contributed by atoms with Crippen LogP contribution in [-0.4, -0.2) is 23.0 Å². The number of amides is 1. The van der Waals surface area contributed by atoms with Gasteiger partial charge in [0.15, 0.2) is 0 Å². The average Bonchev–Trinajstić information content (AvgIpc) is 2.72. The summed E-state index contributed by atoms with van der Waals surface area (Å²) in [5.41, 5.74) is -0.00702. The fourth-order valence-corrected chi connectivity index (χ4v) is 2.77. The van der Waals surface area contributed by atoms with Crippen molar-refractivity contribution in [1.29, 1.82) is 0 Å². The van der Waals surface area contributed by atoms with E-state index in [4.69, 9.17) is 0 Å². The minimum atomic E-state index is -0.927. The third-order valence-corrected chi connectivity index (χ3v) is 4.18. The first-order valence-electron chi connectivity index (χ1n) is 6.65. The van der Waals surface area contributed by atoms with Gasteiger partial charge >= 0.3 is 5.97 Å². The molecule has 0 radical (unpaired) electrons. The molecule has 0 spiro atoms. The van der Waals surface area contributed by atoms with E-state index in [1.807, 2.05) is 0 Å². The van der Waals surface area contributed by atoms with Crippen molar-refractivity contribution in [2.24, 2.45) is 5.41 Å². The first-order chi connectivity index (χ1) is 9.34. The van der Waals surface area contributed by atoms with Gasteiger partial charge in [-0.3, -0.25) is 9.59 Å². The third kappa shape index (κ3) is 2.53. The largest absolute Gasteiger partial charge is 0.481 e. The summed E-state index contributed by atoms with van der Waals surface area (Å²) in [5.74, 6) is -1.63. The Morgan fingerprint density at radius 3 is 2.75 bits per heavy atom. The quantitative estimate of drug-likeness (QED) is 0.893. The molecule has 0 bridgehead atoms. The number of hydrogen-bond acceptors (Lipinski definition) is 2. The second-order valence-electron chi connectivity index (χ2n) is 5.60. The van der Waals surface area contributed by atoms with Gasteiger partial charge in [0.2, 0.25) is 0 Å². The summed E-state index contributed by atoms with van der Waals surface area (Å²) in [5, 5.41) is 12.1. The van der Waals surface area contributed by atoms with Crippen LogP contribution in [0.25, 0.3) is 0 Å². The Bertz CT molecular complexity index is 558. The van der Waals surface area contributed by atoms with Crippen LogP contribution in [-0.2, 0) is 4.79 Å². The Kier molecular flexibility index (Phi) is 3.79. The Morgan fingerprint density at radius 2 is 2.15 bits per heavy atom. The zero-order valence-electron chi connectivity index (χ0n) is 11.6. The van der Waals surface area contributed by atoms with Crippen molar-refractivity contribution in [1.82, 2.24) is 5.32 Å². The van der Waals surface area contributed by atoms with Crippen LogP contribution in [0.4, 0.5) is 4.39 Å². The molecule has 2 N–H and O–H groups in total. The molecule has 1 aliphatic rings. The molecule has 1 fully saturated rings. The summed E-state index contributed by atoms with van der Waals surface area (Å²) in [7, 11) is 0. The lowest BCUT2D eigenvalue weighted by Crippen LogP contribution is -2.47. The third-order valence-electron chi connectivity index (χ3n) is 4.18. The highest BCUT2D eigenvalue weighted by molar-refractivity contribution is 5.96. The van der Waals surface area contributed by atoms with Crippen molar-refractivity contribution in [2.75, 3.05) is 0 Å². The Hall–Kier alpha value is -1.91. The number of carbonyl (C=O) groups is 2. The number of hydrogen-bond donors (Lipinski definition) is 2. The van der Waals surface area contributed by atoms with Crippen LogP contribution in [0.2, 0.25) is 0 Å². The van der Waals surface area contributed by atoms with E-state index in [0.29, 0.717) is 24.0 Å². The highest BCUT2D eigenvalue weighted by Crippen LogP contribution is 2.38. The summed E-state index contributed by atoms with van der Waals surface area (Å²) in [6, 6.07) is 3.55. The maximum Gasteiger partial charge on any atom is 0.311 e. The summed E-state index contributed by atoms with van der Waals surface area (Å²) in [6.07, 6.45) is 1.97. The topological polar surface area (TPSA) is 66.4 Å². The van der Waals surface area contributed by atoms with Crippen molar-refractivity contribution in [3.63, 3.8) is 0 Å². The number of carboxylic acids is 1. The number of benzene rings is 1. The van der Waals surface area contributed by atoms with Crippen molar-refractivity contribution in [3.05, 3.63) is 35.1 Å². The lowest BCUT2D eigenvalue weighted by molar-refractivity contribution is -0.148. The number of rotatable bonds is 3. The maximum atomic E-state index is 13.0. The van der Waals surface area contributed by atoms with E-state index >= 15 is 0 Å². The summed E-state index contributed by atoms with van der Waals surface area (Å²) >= 11 is 0. The van der Waals surface area contributed by atoms with Gasteiger partial charge in [0.05, 0.1) is 5.41 Å². The Labute approximate surface area is 117 Å². The number of carboxylic acid groups (broad SMARTS) is 1. The molecule has 2 unspecified atom stereocenters. The van der Waals surface area contributed by atoms with Gasteiger partial charge in [-0.25, -0.2) is 4.39 Å². The lowest BCUT2D eigenvalue weighted by Gasteiger charge is -2.27. The molecule has 1 saturated carbocycles. The molecule has 2 atom stereocenters. The fourth-order valence-electron chi connectivity index (χ4n) is 2.77. The second kappa shape index (κ2) is 5.23. The van der Waals surface area contributed by atoms with Crippen molar-refractivity contribution in [3.8, 4) is 0 Å². The molecule has 0 heterocycles. The number of aliphatic carboxylic acids is 1. The van der Waals surface area contributed by atoms with Crippen LogP contribution in [0.5, 0.6) is 0 Å². The summed E-state index contributed by atoms with van der Waals surface area (Å²) in [4.78, 5) is 23.6. The maximum absolute atomic E-state index is 13.0. The predicted octanol–water partition coefficient (Wildman–Crippen LogP) is 2.51. The van der Waals surface area contributed by atoms with Gasteiger partial charge in [0, 0.05) is 11.6 Å². The fraction of sp³-hybridized carbons (Fsp3) is 0.467. The van der Waals surface area contributed by atoms with Crippen LogP contribution >= 0.6 is 0 Å². The summed E-state index contributed by atoms with van der Waals surface area (Å²) in [6.45, 7) is 3.31. The van der Waals surface area contributed by atoms with Crippen LogP contribution in [0.1, 0.15) is 42.1 Å². The smallest absolute Gasteiger partial charge is 0.311 e. The van der Waals surface area contributed by atoms with Gasteiger partial charge < -0.3 is 10.4 Å². The van der Waals surface area contributed by atoms with Gasteiger partial charge in [-0.05, 0) is 50.5 Å². The Balaban J connectivity index is 2.17. The molecule has 2 rings (SSSR count). The molecule has 0 saturated heterocycles. The molecule has 1 aromatic carbocycles. The van der Waals surface area contributed by atoms with Gasteiger partial charge in [-0.1, -0.05) is 6.42 Å². The zero-order valence-corrected chi connectivity index (χ0v) is 11.6. The molecule has 0 aromatic heterocycles. The van der Waals surface area contributed by atoms with E-state index in [-0.39, 0.29) is 5.91 Å². The normalized spacial score (nSPS) is 25.4. The molecule has 1 aliphatic carbocycles. The highest BCUT2D eigenvalue weighted by atomic mass is 19.1.